The first-order chi connectivity index (χ1) is 16.6. The number of carbonyl (C=O) groups is 1. The van der Waals surface area contributed by atoms with E-state index in [1.54, 1.807) is 15.9 Å². The molecule has 1 aliphatic carbocycles. The molecule has 2 aromatic heterocycles. The number of fused-ring (bicyclic) bond motifs is 3. The molecule has 1 amide bonds. The summed E-state index contributed by atoms with van der Waals surface area (Å²) in [6.45, 7) is 4.48. The average Bonchev–Trinajstić information content (AvgIpc) is 3.51. The molecule has 3 heterocycles. The molecule has 1 atom stereocenters. The molecule has 1 saturated heterocycles. The maximum absolute atomic E-state index is 13.7. The molecule has 0 radical (unpaired) electrons. The minimum absolute atomic E-state index is 0.0338. The van der Waals surface area contributed by atoms with Crippen molar-refractivity contribution in [2.45, 2.75) is 69.8 Å². The summed E-state index contributed by atoms with van der Waals surface area (Å²) in [5, 5.41) is 1.43. The number of rotatable bonds is 8. The highest BCUT2D eigenvalue weighted by atomic mass is 32.2. The molecule has 3 aromatic rings. The van der Waals surface area contributed by atoms with Gasteiger partial charge in [0.1, 0.15) is 4.83 Å². The third-order valence-corrected chi connectivity index (χ3v) is 8.87. The zero-order chi connectivity index (χ0) is 23.5. The lowest BCUT2D eigenvalue weighted by Gasteiger charge is -2.21. The summed E-state index contributed by atoms with van der Waals surface area (Å²) in [5.41, 5.74) is 2.35. The quantitative estimate of drug-likeness (QED) is 0.335. The van der Waals surface area contributed by atoms with Gasteiger partial charge in [-0.25, -0.2) is 4.98 Å². The van der Waals surface area contributed by atoms with Crippen LogP contribution in [-0.4, -0.2) is 45.4 Å². The Hall–Kier alpha value is -2.16. The zero-order valence-corrected chi connectivity index (χ0v) is 21.3. The molecule has 5 rings (SSSR count). The maximum atomic E-state index is 13.7. The van der Waals surface area contributed by atoms with Crippen molar-refractivity contribution in [2.24, 2.45) is 0 Å². The monoisotopic (exact) mass is 497 g/mol. The van der Waals surface area contributed by atoms with Crippen molar-refractivity contribution >= 4 is 39.2 Å². The minimum atomic E-state index is 0.0338. The van der Waals surface area contributed by atoms with E-state index < -0.39 is 0 Å². The van der Waals surface area contributed by atoms with Crippen LogP contribution in [0.1, 0.15) is 48.6 Å². The van der Waals surface area contributed by atoms with Crippen molar-refractivity contribution in [2.75, 3.05) is 18.9 Å². The number of nitrogens with zero attached hydrogens (tertiary/aromatic N) is 3. The number of benzene rings is 1. The van der Waals surface area contributed by atoms with Crippen molar-refractivity contribution < 1.29 is 9.53 Å². The predicted octanol–water partition coefficient (Wildman–Crippen LogP) is 4.66. The first kappa shape index (κ1) is 23.6. The Morgan fingerprint density at radius 1 is 1.24 bits per heavy atom. The van der Waals surface area contributed by atoms with Crippen LogP contribution < -0.4 is 5.56 Å². The molecule has 6 nitrogen and oxygen atoms in total. The highest BCUT2D eigenvalue weighted by Crippen LogP contribution is 2.35. The third kappa shape index (κ3) is 4.95. The number of aryl methyl sites for hydroxylation is 2. The fourth-order valence-corrected chi connectivity index (χ4v) is 7.09. The molecule has 2 aliphatic rings. The Kier molecular flexibility index (Phi) is 7.37. The number of amides is 1. The van der Waals surface area contributed by atoms with E-state index >= 15 is 0 Å². The normalized spacial score (nSPS) is 17.7. The van der Waals surface area contributed by atoms with Crippen molar-refractivity contribution in [3.63, 3.8) is 0 Å². The van der Waals surface area contributed by atoms with Gasteiger partial charge in [0, 0.05) is 24.6 Å². The number of hydrogen-bond donors (Lipinski definition) is 0. The summed E-state index contributed by atoms with van der Waals surface area (Å²) in [4.78, 5) is 35.7. The number of thioether (sulfide) groups is 1. The van der Waals surface area contributed by atoms with Crippen LogP contribution in [0.2, 0.25) is 0 Å². The smallest absolute Gasteiger partial charge is 0.263 e. The molecular weight excluding hydrogens is 466 g/mol. The molecule has 34 heavy (non-hydrogen) atoms. The number of aromatic nitrogens is 2. The molecule has 0 N–H and O–H groups in total. The first-order valence-corrected chi connectivity index (χ1v) is 14.1. The number of hydrogen-bond acceptors (Lipinski definition) is 6. The van der Waals surface area contributed by atoms with Crippen molar-refractivity contribution in [1.29, 1.82) is 0 Å². The highest BCUT2D eigenvalue weighted by molar-refractivity contribution is 7.99. The lowest BCUT2D eigenvalue weighted by molar-refractivity contribution is -0.128. The minimum Gasteiger partial charge on any atom is -0.376 e. The molecule has 1 fully saturated rings. The standard InChI is InChI=1S/C26H31N3O3S2/c1-2-28(15-18-9-4-3-5-10-18)22(30)17-33-26-27-24-23(20-12-6-7-13-21(20)34-24)25(31)29(26)16-19-11-8-14-32-19/h3-5,9-10,19H,2,6-8,11-17H2,1H3. The second kappa shape index (κ2) is 10.6. The molecule has 8 heteroatoms. The Labute approximate surface area is 208 Å². The van der Waals surface area contributed by atoms with E-state index in [-0.39, 0.29) is 23.3 Å². The van der Waals surface area contributed by atoms with Gasteiger partial charge in [0.2, 0.25) is 5.91 Å². The Bertz CT molecular complexity index is 1220. The van der Waals surface area contributed by atoms with Gasteiger partial charge in [0.05, 0.1) is 23.8 Å². The topological polar surface area (TPSA) is 64.4 Å². The molecular formula is C26H31N3O3S2. The predicted molar refractivity (Wildman–Crippen MR) is 138 cm³/mol. The highest BCUT2D eigenvalue weighted by Gasteiger charge is 2.25. The Balaban J connectivity index is 1.41. The van der Waals surface area contributed by atoms with E-state index in [0.29, 0.717) is 24.8 Å². The van der Waals surface area contributed by atoms with Gasteiger partial charge in [0.15, 0.2) is 5.16 Å². The van der Waals surface area contributed by atoms with E-state index in [9.17, 15) is 9.59 Å². The van der Waals surface area contributed by atoms with E-state index in [0.717, 1.165) is 54.5 Å². The van der Waals surface area contributed by atoms with Crippen molar-refractivity contribution in [3.05, 3.63) is 56.7 Å². The third-order valence-electron chi connectivity index (χ3n) is 6.73. The van der Waals surface area contributed by atoms with E-state index in [2.05, 4.69) is 0 Å². The molecule has 1 unspecified atom stereocenters. The van der Waals surface area contributed by atoms with Crippen molar-refractivity contribution in [3.8, 4) is 0 Å². The number of carbonyl (C=O) groups excluding carboxylic acids is 1. The second-order valence-corrected chi connectivity index (χ2v) is 11.0. The summed E-state index contributed by atoms with van der Waals surface area (Å²) in [5.74, 6) is 0.315. The van der Waals surface area contributed by atoms with Crippen LogP contribution in [0, 0.1) is 0 Å². The molecule has 0 spiro atoms. The number of ether oxygens (including phenoxy) is 1. The summed E-state index contributed by atoms with van der Waals surface area (Å²) < 4.78 is 7.63. The van der Waals surface area contributed by atoms with Crippen LogP contribution in [-0.2, 0) is 35.5 Å². The van der Waals surface area contributed by atoms with Gasteiger partial charge in [-0.1, -0.05) is 42.1 Å². The molecule has 180 valence electrons. The first-order valence-electron chi connectivity index (χ1n) is 12.2. The summed E-state index contributed by atoms with van der Waals surface area (Å²) in [7, 11) is 0. The van der Waals surface area contributed by atoms with Crippen LogP contribution in [0.4, 0.5) is 0 Å². The Morgan fingerprint density at radius 3 is 2.82 bits per heavy atom. The zero-order valence-electron chi connectivity index (χ0n) is 19.6. The van der Waals surface area contributed by atoms with Gasteiger partial charge in [0.25, 0.3) is 5.56 Å². The van der Waals surface area contributed by atoms with Crippen LogP contribution in [0.25, 0.3) is 10.2 Å². The Morgan fingerprint density at radius 2 is 2.06 bits per heavy atom. The van der Waals surface area contributed by atoms with Crippen LogP contribution >= 0.6 is 23.1 Å². The van der Waals surface area contributed by atoms with Gasteiger partial charge in [-0.15, -0.1) is 11.3 Å². The average molecular weight is 498 g/mol. The van der Waals surface area contributed by atoms with Crippen LogP contribution in [0.15, 0.2) is 40.3 Å². The number of thiophene rings is 1. The van der Waals surface area contributed by atoms with Gasteiger partial charge in [-0.05, 0) is 56.6 Å². The summed E-state index contributed by atoms with van der Waals surface area (Å²) in [6, 6.07) is 10.0. The lowest BCUT2D eigenvalue weighted by Crippen LogP contribution is -2.32. The summed E-state index contributed by atoms with van der Waals surface area (Å²) in [6.07, 6.45) is 6.31. The van der Waals surface area contributed by atoms with Crippen LogP contribution in [0.3, 0.4) is 0 Å². The van der Waals surface area contributed by atoms with E-state index in [1.807, 2.05) is 42.2 Å². The van der Waals surface area contributed by atoms with E-state index in [1.165, 1.54) is 28.6 Å². The molecule has 0 bridgehead atoms. The van der Waals surface area contributed by atoms with Crippen LogP contribution in [0.5, 0.6) is 0 Å². The van der Waals surface area contributed by atoms with Crippen molar-refractivity contribution in [1.82, 2.24) is 14.5 Å². The van der Waals surface area contributed by atoms with Gasteiger partial charge < -0.3 is 9.64 Å². The second-order valence-electron chi connectivity index (χ2n) is 9.02. The largest absolute Gasteiger partial charge is 0.376 e. The lowest BCUT2D eigenvalue weighted by atomic mass is 9.97. The fraction of sp³-hybridized carbons (Fsp3) is 0.500. The van der Waals surface area contributed by atoms with Gasteiger partial charge >= 0.3 is 0 Å². The molecule has 1 aliphatic heterocycles. The SMILES string of the molecule is CCN(Cc1ccccc1)C(=O)CSc1nc2sc3c(c2c(=O)n1CC1CCCO1)CCCC3. The molecule has 1 aromatic carbocycles. The van der Waals surface area contributed by atoms with Gasteiger partial charge in [-0.2, -0.15) is 0 Å². The summed E-state index contributed by atoms with van der Waals surface area (Å²) >= 11 is 3.04. The fourth-order valence-electron chi connectivity index (χ4n) is 4.88. The van der Waals surface area contributed by atoms with Gasteiger partial charge in [-0.3, -0.25) is 14.2 Å². The van der Waals surface area contributed by atoms with E-state index in [4.69, 9.17) is 9.72 Å². The maximum Gasteiger partial charge on any atom is 0.263 e. The molecule has 0 saturated carbocycles.